The molecule has 0 radical (unpaired) electrons. The summed E-state index contributed by atoms with van der Waals surface area (Å²) in [4.78, 5) is 25.5. The lowest BCUT2D eigenvalue weighted by atomic mass is 9.99. The van der Waals surface area contributed by atoms with Gasteiger partial charge >= 0.3 is 0 Å². The highest BCUT2D eigenvalue weighted by atomic mass is 35.5. The van der Waals surface area contributed by atoms with Crippen molar-refractivity contribution >= 4 is 34.8 Å². The Morgan fingerprint density at radius 2 is 1.66 bits per heavy atom. The van der Waals surface area contributed by atoms with E-state index in [-0.39, 0.29) is 11.8 Å². The number of hydrogen-bond acceptors (Lipinski definition) is 3. The van der Waals surface area contributed by atoms with Gasteiger partial charge in [0, 0.05) is 16.3 Å². The summed E-state index contributed by atoms with van der Waals surface area (Å²) in [5.41, 5.74) is 4.88. The minimum atomic E-state index is -0.334. The van der Waals surface area contributed by atoms with Crippen molar-refractivity contribution in [3.05, 3.63) is 81.4 Å². The summed E-state index contributed by atoms with van der Waals surface area (Å²) in [7, 11) is 0. The van der Waals surface area contributed by atoms with E-state index in [1.807, 2.05) is 32.9 Å². The minimum absolute atomic E-state index is 0.218. The van der Waals surface area contributed by atoms with Gasteiger partial charge in [-0.25, -0.2) is 0 Å². The molecule has 29 heavy (non-hydrogen) atoms. The van der Waals surface area contributed by atoms with E-state index in [1.165, 1.54) is 0 Å². The normalized spacial score (nSPS) is 12.2. The van der Waals surface area contributed by atoms with Gasteiger partial charge in [-0.3, -0.25) is 9.59 Å². The largest absolute Gasteiger partial charge is 0.454 e. The van der Waals surface area contributed by atoms with E-state index in [2.05, 4.69) is 10.6 Å². The van der Waals surface area contributed by atoms with Crippen LogP contribution in [0.15, 0.2) is 48.5 Å². The van der Waals surface area contributed by atoms with E-state index < -0.39 is 0 Å². The third kappa shape index (κ3) is 3.69. The fraction of sp³-hybridized carbons (Fsp3) is 0.130. The SMILES string of the molecule is Cc1cc(C)c(C(=O)Nc2ccc3c(c2)C(=O)Nc2cc(Cl)ccc2O3)c(C)c1. The Balaban J connectivity index is 1.64. The quantitative estimate of drug-likeness (QED) is 0.558. The van der Waals surface area contributed by atoms with Crippen LogP contribution in [-0.4, -0.2) is 11.8 Å². The van der Waals surface area contributed by atoms with Gasteiger partial charge in [-0.15, -0.1) is 0 Å². The predicted octanol–water partition coefficient (Wildman–Crippen LogP) is 5.88. The van der Waals surface area contributed by atoms with Crippen molar-refractivity contribution in [2.75, 3.05) is 10.6 Å². The second-order valence-electron chi connectivity index (χ2n) is 7.14. The van der Waals surface area contributed by atoms with Gasteiger partial charge in [0.2, 0.25) is 0 Å². The second-order valence-corrected chi connectivity index (χ2v) is 7.57. The lowest BCUT2D eigenvalue weighted by Gasteiger charge is -2.13. The van der Waals surface area contributed by atoms with E-state index in [1.54, 1.807) is 36.4 Å². The molecule has 0 saturated heterocycles. The maximum atomic E-state index is 12.8. The van der Waals surface area contributed by atoms with E-state index in [0.29, 0.717) is 39.0 Å². The maximum absolute atomic E-state index is 12.8. The van der Waals surface area contributed by atoms with Crippen LogP contribution in [0.3, 0.4) is 0 Å². The summed E-state index contributed by atoms with van der Waals surface area (Å²) in [6, 6.07) is 14.0. The van der Waals surface area contributed by atoms with Crippen molar-refractivity contribution in [2.24, 2.45) is 0 Å². The van der Waals surface area contributed by atoms with E-state index in [4.69, 9.17) is 16.3 Å². The summed E-state index contributed by atoms with van der Waals surface area (Å²) in [6.07, 6.45) is 0. The van der Waals surface area contributed by atoms with Crippen LogP contribution in [0.1, 0.15) is 37.4 Å². The number of fused-ring (bicyclic) bond motifs is 2. The Hall–Kier alpha value is -3.31. The average molecular weight is 407 g/mol. The molecule has 0 aliphatic carbocycles. The molecule has 6 heteroatoms. The van der Waals surface area contributed by atoms with E-state index >= 15 is 0 Å². The smallest absolute Gasteiger partial charge is 0.259 e. The van der Waals surface area contributed by atoms with Crippen LogP contribution in [-0.2, 0) is 0 Å². The minimum Gasteiger partial charge on any atom is -0.454 e. The highest BCUT2D eigenvalue weighted by Crippen LogP contribution is 2.38. The number of carbonyl (C=O) groups is 2. The molecule has 0 saturated carbocycles. The number of nitrogens with one attached hydrogen (secondary N) is 2. The zero-order valence-electron chi connectivity index (χ0n) is 16.2. The molecule has 3 aromatic rings. The number of aryl methyl sites for hydroxylation is 3. The molecule has 146 valence electrons. The van der Waals surface area contributed by atoms with Gasteiger partial charge in [0.05, 0.1) is 11.3 Å². The van der Waals surface area contributed by atoms with Crippen LogP contribution in [0.2, 0.25) is 5.02 Å². The number of hydrogen-bond donors (Lipinski definition) is 2. The first-order valence-corrected chi connectivity index (χ1v) is 9.51. The Kier molecular flexibility index (Phi) is 4.76. The number of halogens is 1. The molecular formula is C23H19ClN2O3. The van der Waals surface area contributed by atoms with Crippen LogP contribution < -0.4 is 15.4 Å². The summed E-state index contributed by atoms with van der Waals surface area (Å²) in [5.74, 6) is 0.359. The van der Waals surface area contributed by atoms with Crippen LogP contribution in [0.25, 0.3) is 0 Å². The number of amides is 2. The molecule has 5 nitrogen and oxygen atoms in total. The van der Waals surface area contributed by atoms with Crippen molar-refractivity contribution in [1.29, 1.82) is 0 Å². The molecule has 0 aromatic heterocycles. The Labute approximate surface area is 173 Å². The first-order valence-electron chi connectivity index (χ1n) is 9.14. The Morgan fingerprint density at radius 1 is 0.966 bits per heavy atom. The molecule has 0 atom stereocenters. The molecular weight excluding hydrogens is 388 g/mol. The third-order valence-corrected chi connectivity index (χ3v) is 5.03. The van der Waals surface area contributed by atoms with E-state index in [0.717, 1.165) is 16.7 Å². The van der Waals surface area contributed by atoms with Gasteiger partial charge in [-0.2, -0.15) is 0 Å². The van der Waals surface area contributed by atoms with Gasteiger partial charge in [0.25, 0.3) is 11.8 Å². The number of carbonyl (C=O) groups excluding carboxylic acids is 2. The van der Waals surface area contributed by atoms with Crippen LogP contribution >= 0.6 is 11.6 Å². The lowest BCUT2D eigenvalue weighted by Crippen LogP contribution is -2.16. The lowest BCUT2D eigenvalue weighted by molar-refractivity contribution is 0.101. The van der Waals surface area contributed by atoms with Crippen molar-refractivity contribution in [2.45, 2.75) is 20.8 Å². The molecule has 4 rings (SSSR count). The highest BCUT2D eigenvalue weighted by Gasteiger charge is 2.22. The molecule has 1 aliphatic heterocycles. The van der Waals surface area contributed by atoms with Crippen molar-refractivity contribution in [1.82, 2.24) is 0 Å². The summed E-state index contributed by atoms with van der Waals surface area (Å²) in [5, 5.41) is 6.18. The molecule has 1 heterocycles. The molecule has 0 unspecified atom stereocenters. The summed E-state index contributed by atoms with van der Waals surface area (Å²) >= 11 is 6.01. The van der Waals surface area contributed by atoms with Gasteiger partial charge in [0.15, 0.2) is 5.75 Å². The number of rotatable bonds is 2. The molecule has 0 fully saturated rings. The monoisotopic (exact) mass is 406 g/mol. The standard InChI is InChI=1S/C23H19ClN2O3/c1-12-8-13(2)21(14(3)9-12)23(28)25-16-5-7-19-17(11-16)22(27)26-18-10-15(24)4-6-20(18)29-19/h4-11H,1-3H3,(H,25,28)(H,26,27). The molecule has 0 bridgehead atoms. The summed E-state index contributed by atoms with van der Waals surface area (Å²) in [6.45, 7) is 5.82. The van der Waals surface area contributed by atoms with E-state index in [9.17, 15) is 9.59 Å². The highest BCUT2D eigenvalue weighted by molar-refractivity contribution is 6.31. The Morgan fingerprint density at radius 3 is 2.38 bits per heavy atom. The fourth-order valence-electron chi connectivity index (χ4n) is 3.60. The number of ether oxygens (including phenoxy) is 1. The van der Waals surface area contributed by atoms with Crippen LogP contribution in [0.5, 0.6) is 11.5 Å². The first kappa shape index (κ1) is 19.0. The number of anilines is 2. The third-order valence-electron chi connectivity index (χ3n) is 4.80. The van der Waals surface area contributed by atoms with Crippen molar-refractivity contribution < 1.29 is 14.3 Å². The molecule has 1 aliphatic rings. The molecule has 2 N–H and O–H groups in total. The van der Waals surface area contributed by atoms with Gasteiger partial charge in [0.1, 0.15) is 5.75 Å². The predicted molar refractivity (Wildman–Crippen MR) is 115 cm³/mol. The number of benzene rings is 3. The second kappa shape index (κ2) is 7.26. The summed E-state index contributed by atoms with van der Waals surface area (Å²) < 4.78 is 5.87. The first-order chi connectivity index (χ1) is 13.8. The van der Waals surface area contributed by atoms with Gasteiger partial charge in [-0.05, 0) is 68.3 Å². The fourth-order valence-corrected chi connectivity index (χ4v) is 3.78. The van der Waals surface area contributed by atoms with Crippen molar-refractivity contribution in [3.63, 3.8) is 0 Å². The zero-order valence-corrected chi connectivity index (χ0v) is 17.0. The topological polar surface area (TPSA) is 67.4 Å². The van der Waals surface area contributed by atoms with Gasteiger partial charge < -0.3 is 15.4 Å². The molecule has 3 aromatic carbocycles. The van der Waals surface area contributed by atoms with Crippen molar-refractivity contribution in [3.8, 4) is 11.5 Å². The molecule has 2 amide bonds. The zero-order chi connectivity index (χ0) is 20.7. The Bertz CT molecular complexity index is 1150. The average Bonchev–Trinajstić information content (AvgIpc) is 2.76. The van der Waals surface area contributed by atoms with Crippen LogP contribution in [0.4, 0.5) is 11.4 Å². The van der Waals surface area contributed by atoms with Gasteiger partial charge in [-0.1, -0.05) is 29.3 Å². The van der Waals surface area contributed by atoms with Crippen LogP contribution in [0, 0.1) is 20.8 Å². The molecule has 0 spiro atoms. The maximum Gasteiger partial charge on any atom is 0.259 e.